The summed E-state index contributed by atoms with van der Waals surface area (Å²) < 4.78 is 10.9. The van der Waals surface area contributed by atoms with Gasteiger partial charge < -0.3 is 9.47 Å². The Labute approximate surface area is 102 Å². The molecule has 2 atom stereocenters. The van der Waals surface area contributed by atoms with Crippen molar-refractivity contribution in [3.63, 3.8) is 0 Å². The summed E-state index contributed by atoms with van der Waals surface area (Å²) in [4.78, 5) is 11.0. The fraction of sp³-hybridized carbons (Fsp3) is 0.500. The predicted molar refractivity (Wildman–Crippen MR) is 64.4 cm³/mol. The number of carbonyl (C=O) groups excluding carboxylic acids is 1. The summed E-state index contributed by atoms with van der Waals surface area (Å²) in [6.45, 7) is 2.64. The summed E-state index contributed by atoms with van der Waals surface area (Å²) in [6.07, 6.45) is 2.34. The maximum Gasteiger partial charge on any atom is 0.306 e. The van der Waals surface area contributed by atoms with Crippen LogP contribution in [0.15, 0.2) is 30.3 Å². The van der Waals surface area contributed by atoms with E-state index in [0.717, 1.165) is 12.8 Å². The average molecular weight is 234 g/mol. The first-order valence-corrected chi connectivity index (χ1v) is 6.09. The first-order chi connectivity index (χ1) is 8.24. The maximum atomic E-state index is 11.0. The van der Waals surface area contributed by atoms with E-state index in [2.05, 4.69) is 0 Å². The van der Waals surface area contributed by atoms with Gasteiger partial charge in [-0.2, -0.15) is 0 Å². The van der Waals surface area contributed by atoms with Gasteiger partial charge in [-0.15, -0.1) is 0 Å². The molecule has 0 N–H and O–H groups in total. The lowest BCUT2D eigenvalue weighted by Crippen LogP contribution is -2.18. The van der Waals surface area contributed by atoms with Crippen molar-refractivity contribution >= 4 is 5.97 Å². The third-order valence-corrected chi connectivity index (χ3v) is 2.94. The van der Waals surface area contributed by atoms with Gasteiger partial charge in [0, 0.05) is 12.8 Å². The Morgan fingerprint density at radius 2 is 2.18 bits per heavy atom. The molecule has 92 valence electrons. The third-order valence-electron chi connectivity index (χ3n) is 2.94. The van der Waals surface area contributed by atoms with Gasteiger partial charge in [-0.1, -0.05) is 30.3 Å². The number of carbonyl (C=O) groups is 1. The van der Waals surface area contributed by atoms with E-state index in [4.69, 9.17) is 9.47 Å². The summed E-state index contributed by atoms with van der Waals surface area (Å²) in [5.74, 6) is -0.0785. The molecule has 1 heterocycles. The van der Waals surface area contributed by atoms with Gasteiger partial charge in [0.05, 0.1) is 12.7 Å². The van der Waals surface area contributed by atoms with Gasteiger partial charge in [0.1, 0.15) is 6.10 Å². The summed E-state index contributed by atoms with van der Waals surface area (Å²) in [5.41, 5.74) is 1.17. The Kier molecular flexibility index (Phi) is 4.15. The van der Waals surface area contributed by atoms with Gasteiger partial charge in [0.25, 0.3) is 0 Å². The fourth-order valence-electron chi connectivity index (χ4n) is 2.00. The van der Waals surface area contributed by atoms with E-state index < -0.39 is 0 Å². The molecular weight excluding hydrogens is 216 g/mol. The molecular formula is C14H18O3. The van der Waals surface area contributed by atoms with Crippen molar-refractivity contribution in [2.45, 2.75) is 45.0 Å². The highest BCUT2D eigenvalue weighted by atomic mass is 16.6. The Hall–Kier alpha value is -1.35. The molecule has 2 unspecified atom stereocenters. The van der Waals surface area contributed by atoms with Crippen LogP contribution in [0.2, 0.25) is 0 Å². The van der Waals surface area contributed by atoms with E-state index >= 15 is 0 Å². The lowest BCUT2D eigenvalue weighted by atomic mass is 10.1. The second-order valence-corrected chi connectivity index (χ2v) is 4.49. The molecule has 0 spiro atoms. The smallest absolute Gasteiger partial charge is 0.306 e. The fourth-order valence-corrected chi connectivity index (χ4v) is 2.00. The topological polar surface area (TPSA) is 35.5 Å². The standard InChI is InChI=1S/C14H18O3/c1-11(9-13-7-8-14(15)17-13)16-10-12-5-3-2-4-6-12/h2-6,11,13H,7-10H2,1H3. The van der Waals surface area contributed by atoms with Gasteiger partial charge in [-0.25, -0.2) is 0 Å². The van der Waals surface area contributed by atoms with Crippen molar-refractivity contribution in [2.75, 3.05) is 0 Å². The normalized spacial score (nSPS) is 21.2. The first kappa shape index (κ1) is 12.1. The Morgan fingerprint density at radius 3 is 2.82 bits per heavy atom. The number of ether oxygens (including phenoxy) is 2. The van der Waals surface area contributed by atoms with Crippen LogP contribution in [0.4, 0.5) is 0 Å². The van der Waals surface area contributed by atoms with Crippen LogP contribution < -0.4 is 0 Å². The van der Waals surface area contributed by atoms with Gasteiger partial charge in [-0.3, -0.25) is 4.79 Å². The molecule has 1 aromatic carbocycles. The molecule has 1 aliphatic heterocycles. The van der Waals surface area contributed by atoms with E-state index in [1.54, 1.807) is 0 Å². The lowest BCUT2D eigenvalue weighted by molar-refractivity contribution is -0.142. The number of esters is 1. The molecule has 1 fully saturated rings. The van der Waals surface area contributed by atoms with E-state index in [1.165, 1.54) is 5.56 Å². The SMILES string of the molecule is CC(CC1CCC(=O)O1)OCc1ccccc1. The molecule has 0 amide bonds. The number of hydrogen-bond acceptors (Lipinski definition) is 3. The predicted octanol–water partition coefficient (Wildman–Crippen LogP) is 2.69. The summed E-state index contributed by atoms with van der Waals surface area (Å²) >= 11 is 0. The van der Waals surface area contributed by atoms with Crippen LogP contribution in [0, 0.1) is 0 Å². The van der Waals surface area contributed by atoms with E-state index in [0.29, 0.717) is 13.0 Å². The molecule has 3 nitrogen and oxygen atoms in total. The minimum atomic E-state index is -0.0785. The molecule has 17 heavy (non-hydrogen) atoms. The number of rotatable bonds is 5. The van der Waals surface area contributed by atoms with Gasteiger partial charge in [0.2, 0.25) is 0 Å². The van der Waals surface area contributed by atoms with Gasteiger partial charge in [0.15, 0.2) is 0 Å². The van der Waals surface area contributed by atoms with Crippen molar-refractivity contribution in [3.05, 3.63) is 35.9 Å². The van der Waals surface area contributed by atoms with Crippen LogP contribution in [-0.2, 0) is 20.9 Å². The van der Waals surface area contributed by atoms with Crippen molar-refractivity contribution in [1.82, 2.24) is 0 Å². The molecule has 0 saturated carbocycles. The van der Waals surface area contributed by atoms with E-state index in [9.17, 15) is 4.79 Å². The highest BCUT2D eigenvalue weighted by Gasteiger charge is 2.25. The maximum absolute atomic E-state index is 11.0. The zero-order chi connectivity index (χ0) is 12.1. The van der Waals surface area contributed by atoms with Crippen molar-refractivity contribution in [3.8, 4) is 0 Å². The molecule has 0 radical (unpaired) electrons. The van der Waals surface area contributed by atoms with Crippen molar-refractivity contribution < 1.29 is 14.3 Å². The molecule has 1 aliphatic rings. The monoisotopic (exact) mass is 234 g/mol. The second-order valence-electron chi connectivity index (χ2n) is 4.49. The average Bonchev–Trinajstić information content (AvgIpc) is 2.73. The van der Waals surface area contributed by atoms with Crippen LogP contribution in [0.3, 0.4) is 0 Å². The summed E-state index contributed by atoms with van der Waals surface area (Å²) in [7, 11) is 0. The number of hydrogen-bond donors (Lipinski definition) is 0. The van der Waals surface area contributed by atoms with E-state index in [-0.39, 0.29) is 18.2 Å². The zero-order valence-electron chi connectivity index (χ0n) is 10.1. The highest BCUT2D eigenvalue weighted by Crippen LogP contribution is 2.19. The minimum absolute atomic E-state index is 0.0493. The van der Waals surface area contributed by atoms with Gasteiger partial charge in [-0.05, 0) is 18.9 Å². The van der Waals surface area contributed by atoms with Crippen molar-refractivity contribution in [2.24, 2.45) is 0 Å². The zero-order valence-corrected chi connectivity index (χ0v) is 10.1. The van der Waals surface area contributed by atoms with Crippen LogP contribution in [0.1, 0.15) is 31.7 Å². The Bertz CT molecular complexity index is 361. The third kappa shape index (κ3) is 3.86. The molecule has 0 aromatic heterocycles. The molecule has 0 aliphatic carbocycles. The van der Waals surface area contributed by atoms with Crippen molar-refractivity contribution in [1.29, 1.82) is 0 Å². The van der Waals surface area contributed by atoms with Crippen LogP contribution in [0.25, 0.3) is 0 Å². The van der Waals surface area contributed by atoms with Crippen LogP contribution in [0.5, 0.6) is 0 Å². The minimum Gasteiger partial charge on any atom is -0.462 e. The van der Waals surface area contributed by atoms with Crippen LogP contribution in [-0.4, -0.2) is 18.2 Å². The molecule has 2 rings (SSSR count). The Balaban J connectivity index is 1.71. The highest BCUT2D eigenvalue weighted by molar-refractivity contribution is 5.71. The largest absolute Gasteiger partial charge is 0.462 e. The number of cyclic esters (lactones) is 1. The van der Waals surface area contributed by atoms with Gasteiger partial charge >= 0.3 is 5.97 Å². The molecule has 0 bridgehead atoms. The molecule has 3 heteroatoms. The molecule has 1 saturated heterocycles. The summed E-state index contributed by atoms with van der Waals surface area (Å²) in [6, 6.07) is 10.1. The molecule has 1 aromatic rings. The summed E-state index contributed by atoms with van der Waals surface area (Å²) in [5, 5.41) is 0. The van der Waals surface area contributed by atoms with E-state index in [1.807, 2.05) is 37.3 Å². The lowest BCUT2D eigenvalue weighted by Gasteiger charge is -2.16. The van der Waals surface area contributed by atoms with Crippen LogP contribution >= 0.6 is 0 Å². The second kappa shape index (κ2) is 5.82. The first-order valence-electron chi connectivity index (χ1n) is 6.09. The Morgan fingerprint density at radius 1 is 1.41 bits per heavy atom. The number of benzene rings is 1. The quantitative estimate of drug-likeness (QED) is 0.735.